The molecule has 0 aromatic heterocycles. The lowest BCUT2D eigenvalue weighted by Gasteiger charge is -2.23. The Morgan fingerprint density at radius 1 is 1.14 bits per heavy atom. The van der Waals surface area contributed by atoms with Crippen LogP contribution in [0.25, 0.3) is 0 Å². The molecule has 5 nitrogen and oxygen atoms in total. The lowest BCUT2D eigenvalue weighted by molar-refractivity contribution is -0.119. The minimum atomic E-state index is -3.70. The van der Waals surface area contributed by atoms with Crippen molar-refractivity contribution in [3.63, 3.8) is 0 Å². The van der Waals surface area contributed by atoms with Gasteiger partial charge in [0, 0.05) is 16.5 Å². The van der Waals surface area contributed by atoms with Crippen molar-refractivity contribution in [2.24, 2.45) is 0 Å². The second-order valence-corrected chi connectivity index (χ2v) is 10.1. The summed E-state index contributed by atoms with van der Waals surface area (Å²) < 4.78 is 25.2. The maximum Gasteiger partial charge on any atom is 0.240 e. The number of nitrogens with one attached hydrogen (secondary N) is 1. The Hall–Kier alpha value is -1.41. The second-order valence-electron chi connectivity index (χ2n) is 6.23. The van der Waals surface area contributed by atoms with Gasteiger partial charge in [0.1, 0.15) is 6.54 Å². The predicted molar refractivity (Wildman–Crippen MR) is 118 cm³/mol. The van der Waals surface area contributed by atoms with Gasteiger partial charge < -0.3 is 5.32 Å². The number of thioether (sulfide) groups is 1. The Morgan fingerprint density at radius 2 is 1.82 bits per heavy atom. The molecule has 0 radical (unpaired) electrons. The van der Waals surface area contributed by atoms with E-state index in [1.165, 1.54) is 22.6 Å². The molecule has 2 rings (SSSR count). The molecule has 0 aliphatic rings. The van der Waals surface area contributed by atoms with Gasteiger partial charge in [0.15, 0.2) is 0 Å². The highest BCUT2D eigenvalue weighted by molar-refractivity contribution is 7.99. The Balaban J connectivity index is 1.86. The Morgan fingerprint density at radius 3 is 2.46 bits per heavy atom. The smallest absolute Gasteiger partial charge is 0.240 e. The number of nitrogens with zero attached hydrogens (tertiary/aromatic N) is 1. The third-order valence-electron chi connectivity index (χ3n) is 3.80. The lowest BCUT2D eigenvalue weighted by Crippen LogP contribution is -2.40. The maximum atomic E-state index is 12.2. The number of sulfonamides is 1. The van der Waals surface area contributed by atoms with E-state index in [1.807, 2.05) is 6.92 Å². The first-order valence-corrected chi connectivity index (χ1v) is 12.1. The van der Waals surface area contributed by atoms with E-state index in [0.29, 0.717) is 11.6 Å². The monoisotopic (exact) mass is 460 g/mol. The molecule has 0 unspecified atom stereocenters. The fourth-order valence-electron chi connectivity index (χ4n) is 2.37. The molecule has 1 amide bonds. The highest BCUT2D eigenvalue weighted by Gasteiger charge is 2.23. The summed E-state index contributed by atoms with van der Waals surface area (Å²) in [5, 5.41) is 3.29. The van der Waals surface area contributed by atoms with E-state index in [4.69, 9.17) is 23.2 Å². The van der Waals surface area contributed by atoms with Gasteiger partial charge >= 0.3 is 0 Å². The van der Waals surface area contributed by atoms with Crippen LogP contribution in [0.2, 0.25) is 10.0 Å². The van der Waals surface area contributed by atoms with Gasteiger partial charge in [0.2, 0.25) is 15.9 Å². The van der Waals surface area contributed by atoms with Crippen LogP contribution in [0, 0.1) is 6.92 Å². The Bertz CT molecular complexity index is 919. The molecule has 0 bridgehead atoms. The van der Waals surface area contributed by atoms with E-state index in [9.17, 15) is 13.2 Å². The highest BCUT2D eigenvalue weighted by Crippen LogP contribution is 2.30. The average Bonchev–Trinajstić information content (AvgIpc) is 2.62. The zero-order valence-electron chi connectivity index (χ0n) is 15.6. The van der Waals surface area contributed by atoms with E-state index < -0.39 is 15.9 Å². The molecule has 0 aliphatic heterocycles. The van der Waals surface area contributed by atoms with Crippen molar-refractivity contribution < 1.29 is 13.2 Å². The number of rotatable bonds is 9. The first-order chi connectivity index (χ1) is 13.2. The summed E-state index contributed by atoms with van der Waals surface area (Å²) in [6.45, 7) is 2.14. The average molecular weight is 461 g/mol. The summed E-state index contributed by atoms with van der Waals surface area (Å²) in [7, 11) is -3.70. The Kier molecular flexibility index (Phi) is 8.49. The van der Waals surface area contributed by atoms with Gasteiger partial charge in [0.25, 0.3) is 0 Å². The molecule has 28 heavy (non-hydrogen) atoms. The number of hydrogen-bond acceptors (Lipinski definition) is 4. The normalized spacial score (nSPS) is 11.3. The van der Waals surface area contributed by atoms with Crippen molar-refractivity contribution in [1.82, 2.24) is 5.32 Å². The number of hydrogen-bond donors (Lipinski definition) is 1. The summed E-state index contributed by atoms with van der Waals surface area (Å²) in [5.41, 5.74) is 1.40. The first-order valence-electron chi connectivity index (χ1n) is 8.56. The molecule has 0 fully saturated rings. The van der Waals surface area contributed by atoms with Crippen molar-refractivity contribution in [3.05, 3.63) is 58.1 Å². The van der Waals surface area contributed by atoms with E-state index in [1.54, 1.807) is 17.8 Å². The maximum absolute atomic E-state index is 12.2. The van der Waals surface area contributed by atoms with Crippen LogP contribution in [0.5, 0.6) is 0 Å². The van der Waals surface area contributed by atoms with Crippen molar-refractivity contribution in [2.45, 2.75) is 18.2 Å². The molecule has 1 N–H and O–H groups in total. The van der Waals surface area contributed by atoms with Crippen LogP contribution in [0.1, 0.15) is 12.0 Å². The fourth-order valence-corrected chi connectivity index (χ4v) is 4.52. The van der Waals surface area contributed by atoms with Crippen molar-refractivity contribution in [1.29, 1.82) is 0 Å². The molecular weight excluding hydrogens is 439 g/mol. The molecule has 0 heterocycles. The van der Waals surface area contributed by atoms with Gasteiger partial charge in [-0.25, -0.2) is 8.42 Å². The zero-order chi connectivity index (χ0) is 20.7. The van der Waals surface area contributed by atoms with Gasteiger partial charge in [-0.2, -0.15) is 0 Å². The Labute approximate surface area is 180 Å². The van der Waals surface area contributed by atoms with Gasteiger partial charge in [-0.05, 0) is 49.4 Å². The molecule has 152 valence electrons. The summed E-state index contributed by atoms with van der Waals surface area (Å²) in [4.78, 5) is 13.4. The SMILES string of the molecule is Cc1ccc(SCCCNC(=O)CN(c2cc(Cl)ccc2Cl)S(C)(=O)=O)cc1. The lowest BCUT2D eigenvalue weighted by atomic mass is 10.2. The molecule has 0 saturated heterocycles. The number of aryl methyl sites for hydroxylation is 1. The molecular formula is C19H22Cl2N2O3S2. The number of halogens is 2. The molecule has 0 aliphatic carbocycles. The minimum absolute atomic E-state index is 0.182. The molecule has 0 saturated carbocycles. The largest absolute Gasteiger partial charge is 0.354 e. The second kappa shape index (κ2) is 10.4. The van der Waals surface area contributed by atoms with Crippen LogP contribution in [0.3, 0.4) is 0 Å². The van der Waals surface area contributed by atoms with Gasteiger partial charge in [-0.3, -0.25) is 9.10 Å². The first kappa shape index (κ1) is 22.9. The summed E-state index contributed by atoms with van der Waals surface area (Å²) in [5.74, 6) is 0.445. The third kappa shape index (κ3) is 7.20. The van der Waals surface area contributed by atoms with Crippen molar-refractivity contribution in [2.75, 3.05) is 29.4 Å². The molecule has 0 atom stereocenters. The van der Waals surface area contributed by atoms with Crippen LogP contribution in [0.4, 0.5) is 5.69 Å². The summed E-state index contributed by atoms with van der Waals surface area (Å²) in [6, 6.07) is 12.7. The van der Waals surface area contributed by atoms with Crippen LogP contribution >= 0.6 is 35.0 Å². The third-order valence-corrected chi connectivity index (χ3v) is 6.58. The van der Waals surface area contributed by atoms with Gasteiger partial charge in [-0.15, -0.1) is 11.8 Å². The predicted octanol–water partition coefficient (Wildman–Crippen LogP) is 4.37. The number of carbonyl (C=O) groups is 1. The van der Waals surface area contributed by atoms with Crippen LogP contribution in [-0.2, 0) is 14.8 Å². The standard InChI is InChI=1S/C19H22Cl2N2O3S2/c1-14-4-7-16(8-5-14)27-11-3-10-22-19(24)13-23(28(2,25)26)18-12-15(20)6-9-17(18)21/h4-9,12H,3,10-11,13H2,1-2H3,(H,22,24). The molecule has 2 aromatic rings. The van der Waals surface area contributed by atoms with Crippen LogP contribution < -0.4 is 9.62 Å². The number of benzene rings is 2. The number of anilines is 1. The van der Waals surface area contributed by atoms with Crippen molar-refractivity contribution in [3.8, 4) is 0 Å². The zero-order valence-corrected chi connectivity index (χ0v) is 18.8. The number of amides is 1. The molecule has 9 heteroatoms. The van der Waals surface area contributed by atoms with E-state index in [2.05, 4.69) is 29.6 Å². The van der Waals surface area contributed by atoms with Crippen LogP contribution in [0.15, 0.2) is 47.4 Å². The quantitative estimate of drug-likeness (QED) is 0.445. The van der Waals surface area contributed by atoms with Gasteiger partial charge in [0.05, 0.1) is 17.0 Å². The highest BCUT2D eigenvalue weighted by atomic mass is 35.5. The van der Waals surface area contributed by atoms with E-state index in [0.717, 1.165) is 22.7 Å². The number of carbonyl (C=O) groups excluding carboxylic acids is 1. The van der Waals surface area contributed by atoms with Gasteiger partial charge in [-0.1, -0.05) is 40.9 Å². The van der Waals surface area contributed by atoms with Crippen molar-refractivity contribution >= 4 is 56.6 Å². The summed E-state index contributed by atoms with van der Waals surface area (Å²) >= 11 is 13.7. The summed E-state index contributed by atoms with van der Waals surface area (Å²) in [6.07, 6.45) is 1.79. The van der Waals surface area contributed by atoms with Crippen LogP contribution in [-0.4, -0.2) is 39.4 Å². The molecule has 0 spiro atoms. The molecule has 2 aromatic carbocycles. The van der Waals surface area contributed by atoms with E-state index >= 15 is 0 Å². The van der Waals surface area contributed by atoms with E-state index in [-0.39, 0.29) is 17.3 Å². The fraction of sp³-hybridized carbons (Fsp3) is 0.316. The minimum Gasteiger partial charge on any atom is -0.354 e. The topological polar surface area (TPSA) is 66.5 Å².